The zero-order chi connectivity index (χ0) is 30.6. The van der Waals surface area contributed by atoms with Crippen molar-refractivity contribution in [2.45, 2.75) is 39.7 Å². The zero-order valence-corrected chi connectivity index (χ0v) is 25.3. The molecule has 0 N–H and O–H groups in total. The summed E-state index contributed by atoms with van der Waals surface area (Å²) in [6, 6.07) is 16.2. The summed E-state index contributed by atoms with van der Waals surface area (Å²) in [6.07, 6.45) is 1.20. The maximum absolute atomic E-state index is 13.2. The minimum atomic E-state index is -0.793. The van der Waals surface area contributed by atoms with Crippen molar-refractivity contribution in [3.8, 4) is 17.2 Å². The highest BCUT2D eigenvalue weighted by Gasteiger charge is 2.28. The predicted molar refractivity (Wildman–Crippen MR) is 157 cm³/mol. The molecule has 11 heteroatoms. The summed E-state index contributed by atoms with van der Waals surface area (Å²) in [5.41, 5.74) is 0.995. The smallest absolute Gasteiger partial charge is 0.309 e. The fourth-order valence-corrected chi connectivity index (χ4v) is 4.48. The Morgan fingerprint density at radius 3 is 2.36 bits per heavy atom. The van der Waals surface area contributed by atoms with Gasteiger partial charge in [0, 0.05) is 36.5 Å². The van der Waals surface area contributed by atoms with Crippen molar-refractivity contribution in [1.82, 2.24) is 4.98 Å². The number of pyridine rings is 1. The summed E-state index contributed by atoms with van der Waals surface area (Å²) >= 11 is 12.3. The molecule has 0 aliphatic heterocycles. The second-order valence-corrected chi connectivity index (χ2v) is 10.4. The number of carbonyl (C=O) groups excluding carboxylic acids is 3. The lowest BCUT2D eigenvalue weighted by Crippen LogP contribution is -2.32. The second-order valence-electron chi connectivity index (χ2n) is 9.59. The molecule has 0 spiro atoms. The fourth-order valence-electron chi connectivity index (χ4n) is 4.02. The number of rotatable bonds is 15. The zero-order valence-electron chi connectivity index (χ0n) is 23.8. The SMILES string of the molecule is COc1ccnc(C(=O)C[C@@H](C)C(=O)O[C@@H](C)[C@@H](COc2ccc(Cl)cc2Cl)Cc2ccccc2)c1OCOC(C)=O. The molecule has 0 aliphatic rings. The number of carbonyl (C=O) groups is 3. The van der Waals surface area contributed by atoms with Gasteiger partial charge in [0.05, 0.1) is 24.7 Å². The van der Waals surface area contributed by atoms with E-state index in [9.17, 15) is 14.4 Å². The molecule has 3 aromatic rings. The first-order chi connectivity index (χ1) is 20.1. The van der Waals surface area contributed by atoms with Gasteiger partial charge in [-0.25, -0.2) is 4.98 Å². The minimum Gasteiger partial charge on any atom is -0.493 e. The Bertz CT molecular complexity index is 1370. The topological polar surface area (TPSA) is 110 Å². The molecular weight excluding hydrogens is 585 g/mol. The Morgan fingerprint density at radius 2 is 1.69 bits per heavy atom. The average molecular weight is 619 g/mol. The number of methoxy groups -OCH3 is 1. The molecule has 0 aliphatic carbocycles. The van der Waals surface area contributed by atoms with E-state index in [-0.39, 0.29) is 36.1 Å². The maximum Gasteiger partial charge on any atom is 0.309 e. The molecule has 0 unspecified atom stereocenters. The van der Waals surface area contributed by atoms with Gasteiger partial charge < -0.3 is 23.7 Å². The van der Waals surface area contributed by atoms with Gasteiger partial charge in [-0.15, -0.1) is 0 Å². The Morgan fingerprint density at radius 1 is 0.952 bits per heavy atom. The van der Waals surface area contributed by atoms with Crippen LogP contribution in [-0.2, 0) is 25.5 Å². The molecule has 224 valence electrons. The van der Waals surface area contributed by atoms with Crippen LogP contribution in [0.3, 0.4) is 0 Å². The second kappa shape index (κ2) is 16.0. The highest BCUT2D eigenvalue weighted by atomic mass is 35.5. The van der Waals surface area contributed by atoms with Crippen LogP contribution in [0.25, 0.3) is 0 Å². The molecule has 3 atom stereocenters. The Hall–Kier alpha value is -3.82. The largest absolute Gasteiger partial charge is 0.493 e. The normalized spacial score (nSPS) is 12.9. The van der Waals surface area contributed by atoms with E-state index < -0.39 is 36.5 Å². The standard InChI is InChI=1S/C31H33Cl2NO8/c1-19(14-26(36)29-30(41-18-40-21(3)35)28(38-4)12-13-34-29)31(37)42-20(2)23(15-22-8-6-5-7-9-22)17-39-27-11-10-24(32)16-25(27)33/h5-13,16,19-20,23H,14-15,17-18H2,1-4H3/t19-,20+,23-/m1/s1. The van der Waals surface area contributed by atoms with Gasteiger partial charge in [0.25, 0.3) is 0 Å². The van der Waals surface area contributed by atoms with Crippen molar-refractivity contribution in [2.75, 3.05) is 20.5 Å². The molecule has 0 fully saturated rings. The number of hydrogen-bond acceptors (Lipinski definition) is 9. The van der Waals surface area contributed by atoms with Crippen LogP contribution in [0.1, 0.15) is 43.2 Å². The van der Waals surface area contributed by atoms with E-state index in [2.05, 4.69) is 4.98 Å². The first kappa shape index (κ1) is 32.7. The molecule has 2 aromatic carbocycles. The van der Waals surface area contributed by atoms with Crippen molar-refractivity contribution >= 4 is 40.9 Å². The molecule has 42 heavy (non-hydrogen) atoms. The van der Waals surface area contributed by atoms with Crippen LogP contribution in [0.5, 0.6) is 17.2 Å². The van der Waals surface area contributed by atoms with Crippen LogP contribution in [0, 0.1) is 11.8 Å². The quantitative estimate of drug-likeness (QED) is 0.109. The highest BCUT2D eigenvalue weighted by molar-refractivity contribution is 6.35. The van der Waals surface area contributed by atoms with E-state index in [4.69, 9.17) is 46.9 Å². The van der Waals surface area contributed by atoms with Gasteiger partial charge in [-0.2, -0.15) is 0 Å². The van der Waals surface area contributed by atoms with Crippen molar-refractivity contribution in [1.29, 1.82) is 0 Å². The summed E-state index contributed by atoms with van der Waals surface area (Å²) in [7, 11) is 1.40. The van der Waals surface area contributed by atoms with Crippen LogP contribution >= 0.6 is 23.2 Å². The van der Waals surface area contributed by atoms with E-state index in [0.717, 1.165) is 5.56 Å². The van der Waals surface area contributed by atoms with E-state index in [0.29, 0.717) is 22.2 Å². The number of aromatic nitrogens is 1. The first-order valence-corrected chi connectivity index (χ1v) is 14.0. The van der Waals surface area contributed by atoms with Gasteiger partial charge in [-0.3, -0.25) is 14.4 Å². The third-order valence-corrected chi connectivity index (χ3v) is 6.90. The van der Waals surface area contributed by atoms with Gasteiger partial charge in [-0.05, 0) is 37.1 Å². The number of benzene rings is 2. The molecule has 0 bridgehead atoms. The maximum atomic E-state index is 13.2. The number of halogens is 2. The van der Waals surface area contributed by atoms with E-state index in [1.807, 2.05) is 30.3 Å². The minimum absolute atomic E-state index is 0.0149. The number of Topliss-reactive ketones (excluding diaryl/α,β-unsaturated/α-hetero) is 1. The van der Waals surface area contributed by atoms with Gasteiger partial charge in [0.15, 0.2) is 23.0 Å². The van der Waals surface area contributed by atoms with Crippen LogP contribution in [0.15, 0.2) is 60.8 Å². The van der Waals surface area contributed by atoms with Gasteiger partial charge in [0.2, 0.25) is 6.79 Å². The van der Waals surface area contributed by atoms with E-state index >= 15 is 0 Å². The summed E-state index contributed by atoms with van der Waals surface area (Å²) in [4.78, 5) is 41.5. The third-order valence-electron chi connectivity index (χ3n) is 6.37. The van der Waals surface area contributed by atoms with Gasteiger partial charge in [-0.1, -0.05) is 60.5 Å². The average Bonchev–Trinajstić information content (AvgIpc) is 2.96. The molecule has 0 saturated heterocycles. The number of ketones is 1. The van der Waals surface area contributed by atoms with Crippen molar-refractivity contribution in [3.63, 3.8) is 0 Å². The Kier molecular flexibility index (Phi) is 12.4. The first-order valence-electron chi connectivity index (χ1n) is 13.2. The summed E-state index contributed by atoms with van der Waals surface area (Å²) in [6.45, 7) is 4.40. The molecule has 0 amide bonds. The van der Waals surface area contributed by atoms with Crippen LogP contribution < -0.4 is 14.2 Å². The summed E-state index contributed by atoms with van der Waals surface area (Å²) in [5.74, 6) is -1.88. The lowest BCUT2D eigenvalue weighted by Gasteiger charge is -2.26. The van der Waals surface area contributed by atoms with E-state index in [1.165, 1.54) is 26.3 Å². The van der Waals surface area contributed by atoms with Crippen LogP contribution in [0.2, 0.25) is 10.0 Å². The molecule has 9 nitrogen and oxygen atoms in total. The van der Waals surface area contributed by atoms with E-state index in [1.54, 1.807) is 32.0 Å². The van der Waals surface area contributed by atoms with Gasteiger partial charge in [0.1, 0.15) is 11.9 Å². The third kappa shape index (κ3) is 9.63. The Balaban J connectivity index is 1.68. The molecule has 1 heterocycles. The van der Waals surface area contributed by atoms with Crippen LogP contribution in [0.4, 0.5) is 0 Å². The lowest BCUT2D eigenvalue weighted by molar-refractivity contribution is -0.155. The summed E-state index contributed by atoms with van der Waals surface area (Å²) in [5, 5.41) is 0.867. The van der Waals surface area contributed by atoms with Crippen molar-refractivity contribution in [3.05, 3.63) is 82.1 Å². The molecule has 0 saturated carbocycles. The molecule has 3 rings (SSSR count). The number of nitrogens with zero attached hydrogens (tertiary/aromatic N) is 1. The fraction of sp³-hybridized carbons (Fsp3) is 0.355. The van der Waals surface area contributed by atoms with Crippen LogP contribution in [-0.4, -0.2) is 49.3 Å². The molecular formula is C31H33Cl2NO8. The number of ether oxygens (including phenoxy) is 5. The lowest BCUT2D eigenvalue weighted by atomic mass is 9.95. The van der Waals surface area contributed by atoms with Gasteiger partial charge >= 0.3 is 11.9 Å². The highest BCUT2D eigenvalue weighted by Crippen LogP contribution is 2.32. The predicted octanol–water partition coefficient (Wildman–Crippen LogP) is 6.37. The number of esters is 2. The Labute approximate surface area is 255 Å². The molecule has 0 radical (unpaired) electrons. The van der Waals surface area contributed by atoms with Crippen molar-refractivity contribution < 1.29 is 38.1 Å². The molecule has 1 aromatic heterocycles. The number of hydrogen-bond donors (Lipinski definition) is 0. The summed E-state index contributed by atoms with van der Waals surface area (Å²) < 4.78 is 27.4. The van der Waals surface area contributed by atoms with Crippen molar-refractivity contribution in [2.24, 2.45) is 11.8 Å². The monoisotopic (exact) mass is 617 g/mol.